The van der Waals surface area contributed by atoms with E-state index in [9.17, 15) is 0 Å². The Hall–Kier alpha value is -0.850. The van der Waals surface area contributed by atoms with Gasteiger partial charge in [-0.2, -0.15) is 5.26 Å². The Morgan fingerprint density at radius 1 is 1.80 bits per heavy atom. The van der Waals surface area contributed by atoms with Crippen molar-refractivity contribution < 1.29 is 0 Å². The third kappa shape index (κ3) is 1.18. The van der Waals surface area contributed by atoms with Gasteiger partial charge in [-0.1, -0.05) is 6.07 Å². The van der Waals surface area contributed by atoms with E-state index in [-0.39, 0.29) is 0 Å². The topological polar surface area (TPSA) is 49.8 Å². The van der Waals surface area contributed by atoms with Crippen LogP contribution in [-0.2, 0) is 5.54 Å². The highest BCUT2D eigenvalue weighted by atomic mass is 32.1. The van der Waals surface area contributed by atoms with Crippen LogP contribution in [0.2, 0.25) is 0 Å². The molecule has 52 valence electrons. The Morgan fingerprint density at radius 2 is 2.50 bits per heavy atom. The molecule has 0 unspecified atom stereocenters. The van der Waals surface area contributed by atoms with Gasteiger partial charge in [0.05, 0.1) is 6.07 Å². The van der Waals surface area contributed by atoms with Crippen molar-refractivity contribution >= 4 is 11.3 Å². The van der Waals surface area contributed by atoms with Crippen molar-refractivity contribution in [2.45, 2.75) is 12.5 Å². The highest BCUT2D eigenvalue weighted by Gasteiger charge is 2.20. The van der Waals surface area contributed by atoms with E-state index in [4.69, 9.17) is 11.0 Å². The second kappa shape index (κ2) is 2.41. The maximum Gasteiger partial charge on any atom is 0.136 e. The second-order valence-electron chi connectivity index (χ2n) is 2.29. The van der Waals surface area contributed by atoms with Crippen molar-refractivity contribution in [1.29, 1.82) is 5.26 Å². The highest BCUT2D eigenvalue weighted by Crippen LogP contribution is 2.21. The quantitative estimate of drug-likeness (QED) is 0.662. The Morgan fingerprint density at radius 3 is 2.90 bits per heavy atom. The Kier molecular flexibility index (Phi) is 1.75. The van der Waals surface area contributed by atoms with Crippen LogP contribution in [0, 0.1) is 11.3 Å². The highest BCUT2D eigenvalue weighted by molar-refractivity contribution is 7.10. The molecule has 0 radical (unpaired) electrons. The molecular weight excluding hydrogens is 144 g/mol. The molecule has 10 heavy (non-hydrogen) atoms. The lowest BCUT2D eigenvalue weighted by molar-refractivity contribution is 0.661. The molecule has 0 bridgehead atoms. The van der Waals surface area contributed by atoms with Crippen LogP contribution in [0.3, 0.4) is 0 Å². The summed E-state index contributed by atoms with van der Waals surface area (Å²) in [7, 11) is 0. The lowest BCUT2D eigenvalue weighted by Crippen LogP contribution is -2.29. The Bertz CT molecular complexity index is 243. The first kappa shape index (κ1) is 7.26. The molecule has 0 aliphatic heterocycles. The minimum atomic E-state index is -0.811. The van der Waals surface area contributed by atoms with E-state index >= 15 is 0 Å². The number of thiophene rings is 1. The lowest BCUT2D eigenvalue weighted by Gasteiger charge is -2.11. The molecule has 1 heterocycles. The zero-order valence-corrected chi connectivity index (χ0v) is 6.48. The second-order valence-corrected chi connectivity index (χ2v) is 3.24. The van der Waals surface area contributed by atoms with Gasteiger partial charge < -0.3 is 5.73 Å². The number of hydrogen-bond acceptors (Lipinski definition) is 3. The first-order valence-corrected chi connectivity index (χ1v) is 3.79. The third-order valence-electron chi connectivity index (χ3n) is 1.27. The number of hydrogen-bond donors (Lipinski definition) is 1. The van der Waals surface area contributed by atoms with Crippen LogP contribution in [0.25, 0.3) is 0 Å². The van der Waals surface area contributed by atoms with Gasteiger partial charge in [0.15, 0.2) is 0 Å². The largest absolute Gasteiger partial charge is 0.309 e. The summed E-state index contributed by atoms with van der Waals surface area (Å²) < 4.78 is 0. The molecule has 1 rings (SSSR count). The summed E-state index contributed by atoms with van der Waals surface area (Å²) in [6.45, 7) is 1.71. The average Bonchev–Trinajstić information content (AvgIpc) is 2.38. The van der Waals surface area contributed by atoms with Crippen molar-refractivity contribution in [3.05, 3.63) is 22.4 Å². The summed E-state index contributed by atoms with van der Waals surface area (Å²) in [5.41, 5.74) is 4.82. The van der Waals surface area contributed by atoms with Crippen molar-refractivity contribution in [2.24, 2.45) is 5.73 Å². The standard InChI is InChI=1S/C7H8N2S/c1-7(9,5-8)6-3-2-4-10-6/h2-4H,9H2,1H3/t7-/m0/s1. The van der Waals surface area contributed by atoms with Gasteiger partial charge in [0.2, 0.25) is 0 Å². The fourth-order valence-electron chi connectivity index (χ4n) is 0.629. The fraction of sp³-hybridized carbons (Fsp3) is 0.286. The Labute approximate surface area is 63.9 Å². The van der Waals surface area contributed by atoms with Crippen LogP contribution >= 0.6 is 11.3 Å². The molecule has 2 N–H and O–H groups in total. The smallest absolute Gasteiger partial charge is 0.136 e. The molecule has 0 aliphatic rings. The molecular formula is C7H8N2S. The first-order chi connectivity index (χ1) is 4.67. The molecule has 1 atom stereocenters. The summed E-state index contributed by atoms with van der Waals surface area (Å²) in [5.74, 6) is 0. The van der Waals surface area contributed by atoms with Gasteiger partial charge in [-0.25, -0.2) is 0 Å². The van der Waals surface area contributed by atoms with E-state index in [0.29, 0.717) is 0 Å². The van der Waals surface area contributed by atoms with Gasteiger partial charge in [-0.3, -0.25) is 0 Å². The molecule has 0 spiro atoms. The molecule has 1 aromatic heterocycles. The van der Waals surface area contributed by atoms with Crippen molar-refractivity contribution in [1.82, 2.24) is 0 Å². The van der Waals surface area contributed by atoms with E-state index in [1.165, 1.54) is 11.3 Å². The molecule has 0 amide bonds. The lowest BCUT2D eigenvalue weighted by atomic mass is 10.1. The van der Waals surface area contributed by atoms with Gasteiger partial charge in [-0.15, -0.1) is 11.3 Å². The normalized spacial score (nSPS) is 15.7. The van der Waals surface area contributed by atoms with E-state index in [1.54, 1.807) is 6.92 Å². The van der Waals surface area contributed by atoms with Crippen LogP contribution in [0.4, 0.5) is 0 Å². The van der Waals surface area contributed by atoms with Gasteiger partial charge in [-0.05, 0) is 18.4 Å². The van der Waals surface area contributed by atoms with Gasteiger partial charge >= 0.3 is 0 Å². The molecule has 1 aromatic rings. The number of nitrogens with two attached hydrogens (primary N) is 1. The number of nitriles is 1. The minimum absolute atomic E-state index is 0.811. The molecule has 0 aliphatic carbocycles. The predicted octanol–water partition coefficient (Wildman–Crippen LogP) is 1.45. The van der Waals surface area contributed by atoms with Crippen molar-refractivity contribution in [3.8, 4) is 6.07 Å². The molecule has 0 saturated carbocycles. The van der Waals surface area contributed by atoms with Crippen molar-refractivity contribution in [3.63, 3.8) is 0 Å². The summed E-state index contributed by atoms with van der Waals surface area (Å²) in [4.78, 5) is 0.912. The Balaban J connectivity index is 2.99. The predicted molar refractivity (Wildman–Crippen MR) is 41.5 cm³/mol. The summed E-state index contributed by atoms with van der Waals surface area (Å²) in [5, 5.41) is 10.5. The molecule has 0 saturated heterocycles. The monoisotopic (exact) mass is 152 g/mol. The molecule has 2 nitrogen and oxygen atoms in total. The molecule has 3 heteroatoms. The van der Waals surface area contributed by atoms with Crippen LogP contribution in [-0.4, -0.2) is 0 Å². The summed E-state index contributed by atoms with van der Waals surface area (Å²) >= 11 is 1.51. The molecule has 0 aromatic carbocycles. The van der Waals surface area contributed by atoms with E-state index < -0.39 is 5.54 Å². The third-order valence-corrected chi connectivity index (χ3v) is 2.37. The minimum Gasteiger partial charge on any atom is -0.309 e. The fourth-order valence-corrected chi connectivity index (χ4v) is 1.38. The summed E-state index contributed by atoms with van der Waals surface area (Å²) in [6.07, 6.45) is 0. The number of rotatable bonds is 1. The summed E-state index contributed by atoms with van der Waals surface area (Å²) in [6, 6.07) is 5.79. The van der Waals surface area contributed by atoms with E-state index in [1.807, 2.05) is 23.6 Å². The zero-order chi connectivity index (χ0) is 7.61. The van der Waals surface area contributed by atoms with E-state index in [2.05, 4.69) is 0 Å². The maximum atomic E-state index is 8.60. The SMILES string of the molecule is C[C@](N)(C#N)c1cccs1. The van der Waals surface area contributed by atoms with Crippen molar-refractivity contribution in [2.75, 3.05) is 0 Å². The van der Waals surface area contributed by atoms with E-state index in [0.717, 1.165) is 4.88 Å². The maximum absolute atomic E-state index is 8.60. The van der Waals surface area contributed by atoms with Crippen LogP contribution in [0.5, 0.6) is 0 Å². The first-order valence-electron chi connectivity index (χ1n) is 2.91. The zero-order valence-electron chi connectivity index (χ0n) is 5.66. The van der Waals surface area contributed by atoms with Crippen LogP contribution < -0.4 is 5.73 Å². The number of nitrogens with zero attached hydrogens (tertiary/aromatic N) is 1. The van der Waals surface area contributed by atoms with Gasteiger partial charge in [0, 0.05) is 4.88 Å². The van der Waals surface area contributed by atoms with Gasteiger partial charge in [0.1, 0.15) is 5.54 Å². The van der Waals surface area contributed by atoms with Gasteiger partial charge in [0.25, 0.3) is 0 Å². The van der Waals surface area contributed by atoms with Crippen LogP contribution in [0.15, 0.2) is 17.5 Å². The average molecular weight is 152 g/mol. The molecule has 0 fully saturated rings. The van der Waals surface area contributed by atoms with Crippen LogP contribution in [0.1, 0.15) is 11.8 Å².